The normalized spacial score (nSPS) is 13.2. The number of hydrogen-bond acceptors (Lipinski definition) is 7. The van der Waals surface area contributed by atoms with Crippen molar-refractivity contribution in [1.82, 2.24) is 0 Å². The maximum absolute atomic E-state index is 13.5. The molecule has 2 amide bonds. The van der Waals surface area contributed by atoms with Crippen LogP contribution in [0, 0.1) is 0 Å². The first-order valence-electron chi connectivity index (χ1n) is 11.7. The zero-order chi connectivity index (χ0) is 26.4. The third-order valence-electron chi connectivity index (χ3n) is 5.31. The molecule has 0 spiro atoms. The van der Waals surface area contributed by atoms with E-state index in [1.165, 1.54) is 23.9 Å². The Labute approximate surface area is 224 Å². The van der Waals surface area contributed by atoms with E-state index in [0.29, 0.717) is 47.3 Å². The third-order valence-corrected chi connectivity index (χ3v) is 6.65. The number of ether oxygens (including phenoxy) is 2. The fourth-order valence-electron chi connectivity index (χ4n) is 3.54. The Kier molecular flexibility index (Phi) is 8.53. The van der Waals surface area contributed by atoms with Crippen molar-refractivity contribution in [2.75, 3.05) is 23.4 Å². The minimum atomic E-state index is -0.503. The van der Waals surface area contributed by atoms with Gasteiger partial charge in [-0.1, -0.05) is 30.3 Å². The van der Waals surface area contributed by atoms with E-state index in [2.05, 4.69) is 5.32 Å². The molecule has 1 heterocycles. The number of benzene rings is 3. The lowest BCUT2D eigenvalue weighted by Gasteiger charge is -2.16. The highest BCUT2D eigenvalue weighted by atomic mass is 35.5. The quantitative estimate of drug-likeness (QED) is 0.240. The Bertz CT molecular complexity index is 1320. The topological polar surface area (TPSA) is 84.9 Å². The lowest BCUT2D eigenvalue weighted by molar-refractivity contribution is -0.120. The van der Waals surface area contributed by atoms with Crippen LogP contribution in [0.1, 0.15) is 30.6 Å². The summed E-state index contributed by atoms with van der Waals surface area (Å²) in [5.41, 5.74) is 1.47. The fraction of sp³-hybridized carbons (Fsp3) is 0.179. The number of carbonyl (C=O) groups is 3. The molecule has 1 aliphatic rings. The Morgan fingerprint density at radius 1 is 0.919 bits per heavy atom. The summed E-state index contributed by atoms with van der Waals surface area (Å²) < 4.78 is 10.6. The van der Waals surface area contributed by atoms with Gasteiger partial charge in [-0.25, -0.2) is 9.69 Å². The number of thioether (sulfide) groups is 1. The Hall–Kier alpha value is -3.75. The number of nitrogens with zero attached hydrogens (tertiary/aromatic N) is 1. The van der Waals surface area contributed by atoms with E-state index in [9.17, 15) is 14.4 Å². The first kappa shape index (κ1) is 26.3. The van der Waals surface area contributed by atoms with Crippen molar-refractivity contribution in [2.24, 2.45) is 0 Å². The van der Waals surface area contributed by atoms with Crippen LogP contribution in [0.4, 0.5) is 11.4 Å². The molecular weight excluding hydrogens is 512 g/mol. The van der Waals surface area contributed by atoms with Crippen molar-refractivity contribution in [3.05, 3.63) is 94.0 Å². The van der Waals surface area contributed by atoms with Gasteiger partial charge >= 0.3 is 5.97 Å². The van der Waals surface area contributed by atoms with Gasteiger partial charge in [-0.05, 0) is 86.1 Å². The molecule has 0 atom stereocenters. The van der Waals surface area contributed by atoms with Crippen LogP contribution in [-0.4, -0.2) is 31.0 Å². The van der Waals surface area contributed by atoms with Gasteiger partial charge in [0.05, 0.1) is 24.5 Å². The first-order chi connectivity index (χ1) is 17.9. The molecule has 1 aliphatic heterocycles. The van der Waals surface area contributed by atoms with E-state index in [4.69, 9.17) is 21.1 Å². The SMILES string of the molecule is CCCOC(=O)c1ccc(N2C(=O)C(Nc3ccc(OCC)cc3)=C(Sc3ccc(Cl)cc3)C2=O)cc1. The zero-order valence-electron chi connectivity index (χ0n) is 20.3. The summed E-state index contributed by atoms with van der Waals surface area (Å²) in [6, 6.07) is 20.3. The lowest BCUT2D eigenvalue weighted by Crippen LogP contribution is -2.32. The maximum atomic E-state index is 13.5. The molecule has 0 unspecified atom stereocenters. The molecule has 0 saturated carbocycles. The van der Waals surface area contributed by atoms with Crippen molar-refractivity contribution in [3.8, 4) is 5.75 Å². The summed E-state index contributed by atoms with van der Waals surface area (Å²) >= 11 is 7.19. The van der Waals surface area contributed by atoms with Gasteiger partial charge in [0.25, 0.3) is 11.8 Å². The number of nitrogens with one attached hydrogen (secondary N) is 1. The second kappa shape index (κ2) is 12.0. The second-order valence-electron chi connectivity index (χ2n) is 7.97. The van der Waals surface area contributed by atoms with Crippen molar-refractivity contribution in [2.45, 2.75) is 25.2 Å². The van der Waals surface area contributed by atoms with Crippen LogP contribution in [0.5, 0.6) is 5.75 Å². The van der Waals surface area contributed by atoms with E-state index in [1.54, 1.807) is 60.7 Å². The maximum Gasteiger partial charge on any atom is 0.338 e. The molecule has 0 fully saturated rings. The average Bonchev–Trinajstić information content (AvgIpc) is 3.13. The summed E-state index contributed by atoms with van der Waals surface area (Å²) in [5.74, 6) is -0.732. The van der Waals surface area contributed by atoms with Crippen molar-refractivity contribution in [1.29, 1.82) is 0 Å². The Balaban J connectivity index is 1.64. The van der Waals surface area contributed by atoms with Crippen LogP contribution in [0.25, 0.3) is 0 Å². The largest absolute Gasteiger partial charge is 0.494 e. The third kappa shape index (κ3) is 6.15. The number of imide groups is 1. The van der Waals surface area contributed by atoms with E-state index in [-0.39, 0.29) is 10.6 Å². The van der Waals surface area contributed by atoms with Gasteiger partial charge in [0, 0.05) is 15.6 Å². The highest BCUT2D eigenvalue weighted by Crippen LogP contribution is 2.38. The van der Waals surface area contributed by atoms with Crippen LogP contribution in [-0.2, 0) is 14.3 Å². The van der Waals surface area contributed by atoms with Crippen molar-refractivity contribution < 1.29 is 23.9 Å². The van der Waals surface area contributed by atoms with Crippen molar-refractivity contribution in [3.63, 3.8) is 0 Å². The zero-order valence-corrected chi connectivity index (χ0v) is 21.9. The van der Waals surface area contributed by atoms with Gasteiger partial charge in [-0.2, -0.15) is 0 Å². The van der Waals surface area contributed by atoms with Gasteiger partial charge in [0.1, 0.15) is 16.4 Å². The van der Waals surface area contributed by atoms with Crippen LogP contribution >= 0.6 is 23.4 Å². The molecule has 0 radical (unpaired) electrons. The van der Waals surface area contributed by atoms with Crippen LogP contribution < -0.4 is 15.0 Å². The average molecular weight is 537 g/mol. The van der Waals surface area contributed by atoms with Crippen LogP contribution in [0.3, 0.4) is 0 Å². The van der Waals surface area contributed by atoms with E-state index in [0.717, 1.165) is 9.80 Å². The molecule has 3 aromatic rings. The minimum Gasteiger partial charge on any atom is -0.494 e. The molecule has 1 N–H and O–H groups in total. The van der Waals surface area contributed by atoms with Gasteiger partial charge < -0.3 is 14.8 Å². The molecule has 3 aromatic carbocycles. The molecule has 0 aliphatic carbocycles. The summed E-state index contributed by atoms with van der Waals surface area (Å²) in [6.45, 7) is 4.66. The Morgan fingerprint density at radius 3 is 2.22 bits per heavy atom. The van der Waals surface area contributed by atoms with E-state index >= 15 is 0 Å². The first-order valence-corrected chi connectivity index (χ1v) is 12.9. The summed E-state index contributed by atoms with van der Waals surface area (Å²) in [4.78, 5) is 41.3. The summed E-state index contributed by atoms with van der Waals surface area (Å²) in [5, 5.41) is 3.68. The molecule has 0 bridgehead atoms. The molecule has 7 nitrogen and oxygen atoms in total. The molecule has 0 saturated heterocycles. The highest BCUT2D eigenvalue weighted by molar-refractivity contribution is 8.04. The van der Waals surface area contributed by atoms with Gasteiger partial charge in [0.15, 0.2) is 0 Å². The standard InChI is InChI=1S/C28H25ClN2O5S/c1-3-17-36-28(34)18-5-11-21(12-6-18)31-26(32)24(30-20-9-13-22(14-10-20)35-4-2)25(27(31)33)37-23-15-7-19(29)8-16-23/h5-16,30H,3-4,17H2,1-2H3. The molecule has 4 rings (SSSR count). The predicted molar refractivity (Wildman–Crippen MR) is 145 cm³/mol. The van der Waals surface area contributed by atoms with Crippen LogP contribution in [0.2, 0.25) is 5.02 Å². The number of amides is 2. The second-order valence-corrected chi connectivity index (χ2v) is 9.49. The van der Waals surface area contributed by atoms with Crippen LogP contribution in [0.15, 0.2) is 88.3 Å². The summed E-state index contributed by atoms with van der Waals surface area (Å²) in [7, 11) is 0. The number of rotatable bonds is 10. The number of carbonyl (C=O) groups excluding carboxylic acids is 3. The van der Waals surface area contributed by atoms with Gasteiger partial charge in [0.2, 0.25) is 0 Å². The number of anilines is 2. The van der Waals surface area contributed by atoms with Crippen molar-refractivity contribution >= 4 is 52.5 Å². The number of hydrogen-bond donors (Lipinski definition) is 1. The van der Waals surface area contributed by atoms with E-state index < -0.39 is 17.8 Å². The molecule has 37 heavy (non-hydrogen) atoms. The minimum absolute atomic E-state index is 0.153. The monoisotopic (exact) mass is 536 g/mol. The molecule has 0 aromatic heterocycles. The smallest absolute Gasteiger partial charge is 0.338 e. The number of esters is 1. The molecule has 9 heteroatoms. The van der Waals surface area contributed by atoms with Gasteiger partial charge in [-0.3, -0.25) is 9.59 Å². The molecule has 190 valence electrons. The molecular formula is C28H25ClN2O5S. The van der Waals surface area contributed by atoms with Gasteiger partial charge in [-0.15, -0.1) is 0 Å². The summed E-state index contributed by atoms with van der Waals surface area (Å²) in [6.07, 6.45) is 0.713. The highest BCUT2D eigenvalue weighted by Gasteiger charge is 2.40. The fourth-order valence-corrected chi connectivity index (χ4v) is 4.59. The van der Waals surface area contributed by atoms with E-state index in [1.807, 2.05) is 13.8 Å². The number of halogens is 1. The lowest BCUT2D eigenvalue weighted by atomic mass is 10.2. The Morgan fingerprint density at radius 2 is 1.59 bits per heavy atom. The predicted octanol–water partition coefficient (Wildman–Crippen LogP) is 6.29.